The van der Waals surface area contributed by atoms with Crippen LogP contribution in [-0.2, 0) is 4.79 Å². The van der Waals surface area contributed by atoms with Gasteiger partial charge >= 0.3 is 0 Å². The molecule has 2 heterocycles. The molecule has 0 saturated carbocycles. The largest absolute Gasteiger partial charge is 0.497 e. The molecule has 172 valence electrons. The van der Waals surface area contributed by atoms with Crippen molar-refractivity contribution in [3.05, 3.63) is 65.4 Å². The number of carbonyl (C=O) groups excluding carboxylic acids is 2. The van der Waals surface area contributed by atoms with Gasteiger partial charge in [0, 0.05) is 23.2 Å². The molecule has 0 spiro atoms. The number of amides is 2. The summed E-state index contributed by atoms with van der Waals surface area (Å²) >= 11 is 0. The molecule has 4 rings (SSSR count). The maximum absolute atomic E-state index is 13.8. The number of ether oxygens (including phenoxy) is 1. The number of aromatic nitrogens is 1. The first-order valence-electron chi connectivity index (χ1n) is 11.5. The fourth-order valence-electron chi connectivity index (χ4n) is 4.54. The molecule has 0 unspecified atom stereocenters. The summed E-state index contributed by atoms with van der Waals surface area (Å²) in [5.41, 5.74) is 3.73. The van der Waals surface area contributed by atoms with Crippen LogP contribution in [0.25, 0.3) is 10.9 Å². The molecule has 1 aliphatic rings. The Morgan fingerprint density at radius 2 is 1.97 bits per heavy atom. The lowest BCUT2D eigenvalue weighted by atomic mass is 9.84. The molecule has 0 aliphatic carbocycles. The van der Waals surface area contributed by atoms with Gasteiger partial charge in [-0.15, -0.1) is 0 Å². The third-order valence-corrected chi connectivity index (χ3v) is 6.57. The van der Waals surface area contributed by atoms with Crippen LogP contribution in [0.2, 0.25) is 0 Å². The van der Waals surface area contributed by atoms with Crippen molar-refractivity contribution in [1.82, 2.24) is 10.3 Å². The van der Waals surface area contributed by atoms with E-state index in [4.69, 9.17) is 4.74 Å². The average Bonchev–Trinajstić information content (AvgIpc) is 2.82. The van der Waals surface area contributed by atoms with Gasteiger partial charge in [0.2, 0.25) is 5.91 Å². The minimum absolute atomic E-state index is 0.0198. The SMILES string of the molecule is CC[C@H](C)NC(=O)[C@@H]1C[C@H](C)N(C(=O)c2cc3cc(OC)ccc3nc2C)c2ccccc21. The molecule has 0 bridgehead atoms. The van der Waals surface area contributed by atoms with Crippen LogP contribution in [0.3, 0.4) is 0 Å². The number of fused-ring (bicyclic) bond motifs is 2. The Bertz CT molecular complexity index is 1210. The summed E-state index contributed by atoms with van der Waals surface area (Å²) in [4.78, 5) is 33.4. The summed E-state index contributed by atoms with van der Waals surface area (Å²) in [6, 6.07) is 15.2. The lowest BCUT2D eigenvalue weighted by Gasteiger charge is -2.39. The van der Waals surface area contributed by atoms with Crippen molar-refractivity contribution in [2.24, 2.45) is 0 Å². The number of nitrogens with zero attached hydrogens (tertiary/aromatic N) is 2. The number of hydrogen-bond donors (Lipinski definition) is 1. The molecule has 33 heavy (non-hydrogen) atoms. The number of carbonyl (C=O) groups is 2. The quantitative estimate of drug-likeness (QED) is 0.601. The van der Waals surface area contributed by atoms with Crippen molar-refractivity contribution in [2.45, 2.75) is 58.5 Å². The number of benzene rings is 2. The van der Waals surface area contributed by atoms with Gasteiger partial charge in [-0.2, -0.15) is 0 Å². The van der Waals surface area contributed by atoms with E-state index in [1.54, 1.807) is 7.11 Å². The van der Waals surface area contributed by atoms with E-state index in [2.05, 4.69) is 17.2 Å². The van der Waals surface area contributed by atoms with E-state index >= 15 is 0 Å². The van der Waals surface area contributed by atoms with Gasteiger partial charge in [-0.25, -0.2) is 0 Å². The summed E-state index contributed by atoms with van der Waals surface area (Å²) in [5.74, 6) is 0.351. The van der Waals surface area contributed by atoms with Gasteiger partial charge in [-0.1, -0.05) is 25.1 Å². The first kappa shape index (κ1) is 22.8. The van der Waals surface area contributed by atoms with Crippen LogP contribution in [0.5, 0.6) is 5.75 Å². The molecule has 3 aromatic rings. The Hall–Kier alpha value is -3.41. The Balaban J connectivity index is 1.74. The third kappa shape index (κ3) is 4.30. The number of aryl methyl sites for hydroxylation is 1. The number of rotatable bonds is 5. The van der Waals surface area contributed by atoms with Crippen molar-refractivity contribution in [3.63, 3.8) is 0 Å². The zero-order chi connectivity index (χ0) is 23.7. The smallest absolute Gasteiger partial charge is 0.260 e. The van der Waals surface area contributed by atoms with Crippen LogP contribution in [0.4, 0.5) is 5.69 Å². The van der Waals surface area contributed by atoms with E-state index in [9.17, 15) is 9.59 Å². The summed E-state index contributed by atoms with van der Waals surface area (Å²) in [6.45, 7) is 7.93. The number of pyridine rings is 1. The monoisotopic (exact) mass is 445 g/mol. The Morgan fingerprint density at radius 3 is 2.70 bits per heavy atom. The number of hydrogen-bond acceptors (Lipinski definition) is 4. The highest BCUT2D eigenvalue weighted by molar-refractivity contribution is 6.10. The van der Waals surface area contributed by atoms with Crippen molar-refractivity contribution in [1.29, 1.82) is 0 Å². The van der Waals surface area contributed by atoms with Gasteiger partial charge in [-0.3, -0.25) is 14.6 Å². The van der Waals surface area contributed by atoms with Gasteiger partial charge in [0.1, 0.15) is 5.75 Å². The molecule has 1 N–H and O–H groups in total. The fourth-order valence-corrected chi connectivity index (χ4v) is 4.54. The van der Waals surface area contributed by atoms with Crippen LogP contribution in [0.15, 0.2) is 48.5 Å². The fraction of sp³-hybridized carbons (Fsp3) is 0.370. The lowest BCUT2D eigenvalue weighted by molar-refractivity contribution is -0.123. The Morgan fingerprint density at radius 1 is 1.21 bits per heavy atom. The minimum atomic E-state index is -0.283. The van der Waals surface area contributed by atoms with E-state index in [1.165, 1.54) is 0 Å². The molecule has 1 aliphatic heterocycles. The highest BCUT2D eigenvalue weighted by Crippen LogP contribution is 2.39. The highest BCUT2D eigenvalue weighted by atomic mass is 16.5. The molecule has 6 heteroatoms. The van der Waals surface area contributed by atoms with Crippen molar-refractivity contribution < 1.29 is 14.3 Å². The summed E-state index contributed by atoms with van der Waals surface area (Å²) in [5, 5.41) is 3.97. The van der Waals surface area contributed by atoms with Crippen molar-refractivity contribution in [3.8, 4) is 5.75 Å². The van der Waals surface area contributed by atoms with Gasteiger partial charge in [0.15, 0.2) is 0 Å². The summed E-state index contributed by atoms with van der Waals surface area (Å²) < 4.78 is 5.34. The van der Waals surface area contributed by atoms with E-state index in [0.717, 1.165) is 34.3 Å². The zero-order valence-corrected chi connectivity index (χ0v) is 19.9. The highest BCUT2D eigenvalue weighted by Gasteiger charge is 2.37. The van der Waals surface area contributed by atoms with E-state index in [-0.39, 0.29) is 29.8 Å². The van der Waals surface area contributed by atoms with Gasteiger partial charge in [0.25, 0.3) is 5.91 Å². The first-order chi connectivity index (χ1) is 15.8. The van der Waals surface area contributed by atoms with E-state index in [1.807, 2.05) is 74.2 Å². The normalized spacial score (nSPS) is 18.5. The molecular weight excluding hydrogens is 414 g/mol. The minimum Gasteiger partial charge on any atom is -0.497 e. The molecule has 6 nitrogen and oxygen atoms in total. The topological polar surface area (TPSA) is 71.5 Å². The average molecular weight is 446 g/mol. The second-order valence-electron chi connectivity index (χ2n) is 8.87. The second kappa shape index (κ2) is 9.22. The van der Waals surface area contributed by atoms with Gasteiger partial charge in [-0.05, 0) is 69.5 Å². The molecule has 3 atom stereocenters. The zero-order valence-electron chi connectivity index (χ0n) is 19.9. The maximum Gasteiger partial charge on any atom is 0.260 e. The van der Waals surface area contributed by atoms with Gasteiger partial charge < -0.3 is 15.0 Å². The molecular formula is C27H31N3O3. The molecule has 0 saturated heterocycles. The predicted molar refractivity (Wildman–Crippen MR) is 131 cm³/mol. The molecule has 0 fully saturated rings. The Kier molecular flexibility index (Phi) is 6.36. The second-order valence-corrected chi connectivity index (χ2v) is 8.87. The molecule has 0 radical (unpaired) electrons. The van der Waals surface area contributed by atoms with Crippen LogP contribution in [0.1, 0.15) is 61.1 Å². The number of anilines is 1. The number of para-hydroxylation sites is 1. The summed E-state index contributed by atoms with van der Waals surface area (Å²) in [7, 11) is 1.62. The molecule has 2 amide bonds. The molecule has 2 aromatic carbocycles. The standard InChI is InChI=1S/C27H31N3O3/c1-6-16(2)28-26(31)23-13-17(3)30(25-10-8-7-9-21(23)25)27(32)22-15-19-14-20(33-5)11-12-24(19)29-18(22)4/h7-12,14-17,23H,6,13H2,1-5H3,(H,28,31)/t16-,17-,23+/m0/s1. The van der Waals surface area contributed by atoms with Crippen LogP contribution >= 0.6 is 0 Å². The third-order valence-electron chi connectivity index (χ3n) is 6.57. The van der Waals surface area contributed by atoms with Crippen molar-refractivity contribution in [2.75, 3.05) is 12.0 Å². The van der Waals surface area contributed by atoms with E-state index in [0.29, 0.717) is 17.7 Å². The molecule has 1 aromatic heterocycles. The van der Waals surface area contributed by atoms with Gasteiger partial charge in [0.05, 0.1) is 29.8 Å². The first-order valence-corrected chi connectivity index (χ1v) is 11.5. The lowest BCUT2D eigenvalue weighted by Crippen LogP contribution is -2.47. The predicted octanol–water partition coefficient (Wildman–Crippen LogP) is 4.99. The van der Waals surface area contributed by atoms with Crippen LogP contribution in [0, 0.1) is 6.92 Å². The van der Waals surface area contributed by atoms with Crippen LogP contribution < -0.4 is 15.0 Å². The summed E-state index contributed by atoms with van der Waals surface area (Å²) in [6.07, 6.45) is 1.44. The maximum atomic E-state index is 13.8. The van der Waals surface area contributed by atoms with Crippen LogP contribution in [-0.4, -0.2) is 36.0 Å². The van der Waals surface area contributed by atoms with E-state index < -0.39 is 0 Å². The van der Waals surface area contributed by atoms with Crippen molar-refractivity contribution >= 4 is 28.4 Å². The number of methoxy groups -OCH3 is 1. The Labute approximate surface area is 195 Å². The number of nitrogens with one attached hydrogen (secondary N) is 1.